The van der Waals surface area contributed by atoms with Crippen LogP contribution in [0.2, 0.25) is 0 Å². The van der Waals surface area contributed by atoms with Gasteiger partial charge in [-0.15, -0.1) is 0 Å². The van der Waals surface area contributed by atoms with Crippen molar-refractivity contribution in [1.29, 1.82) is 0 Å². The fourth-order valence-corrected chi connectivity index (χ4v) is 9.51. The largest absolute Gasteiger partial charge is 0.496 e. The average molecular weight is 835 g/mol. The Hall–Kier alpha value is -6.10. The smallest absolute Gasteiger partial charge is 0.203 e. The number of aliphatic hydroxyl groups is 2. The minimum atomic E-state index is -0.256. The summed E-state index contributed by atoms with van der Waals surface area (Å²) in [6, 6.07) is 29.3. The number of nitrogens with zero attached hydrogens (tertiary/aromatic N) is 4. The summed E-state index contributed by atoms with van der Waals surface area (Å²) in [4.78, 5) is 10.3. The van der Waals surface area contributed by atoms with Gasteiger partial charge in [-0.1, -0.05) is 94.7 Å². The second-order valence-corrected chi connectivity index (χ2v) is 16.0. The van der Waals surface area contributed by atoms with E-state index in [4.69, 9.17) is 28.9 Å². The molecule has 0 amide bonds. The Morgan fingerprint density at radius 1 is 0.532 bits per heavy atom. The first-order valence-corrected chi connectivity index (χ1v) is 22.0. The first-order valence-electron chi connectivity index (χ1n) is 22.0. The summed E-state index contributed by atoms with van der Waals surface area (Å²) in [7, 11) is 6.48. The van der Waals surface area contributed by atoms with Gasteiger partial charge in [0.05, 0.1) is 75.1 Å². The molecule has 4 aromatic heterocycles. The third kappa shape index (κ3) is 7.82. The molecular formula is C52H58N4O6. The van der Waals surface area contributed by atoms with Gasteiger partial charge in [0, 0.05) is 50.6 Å². The number of aromatic nitrogens is 4. The normalized spacial score (nSPS) is 12.2. The Kier molecular flexibility index (Phi) is 13.3. The zero-order valence-electron chi connectivity index (χ0n) is 36.6. The highest BCUT2D eigenvalue weighted by Crippen LogP contribution is 2.46. The van der Waals surface area contributed by atoms with E-state index in [-0.39, 0.29) is 19.4 Å². The lowest BCUT2D eigenvalue weighted by atomic mass is 10.00. The first-order chi connectivity index (χ1) is 30.5. The number of para-hydroxylation sites is 2. The van der Waals surface area contributed by atoms with E-state index in [0.29, 0.717) is 34.1 Å². The third-order valence-electron chi connectivity index (χ3n) is 12.5. The lowest BCUT2D eigenvalue weighted by Crippen LogP contribution is -2.19. The molecule has 0 radical (unpaired) electrons. The van der Waals surface area contributed by atoms with Gasteiger partial charge in [0.2, 0.25) is 5.75 Å². The molecule has 0 aliphatic rings. The van der Waals surface area contributed by atoms with Crippen LogP contribution in [-0.2, 0) is 13.2 Å². The molecule has 0 fully saturated rings. The van der Waals surface area contributed by atoms with Crippen LogP contribution in [0.15, 0.2) is 97.3 Å². The molecule has 0 saturated carbocycles. The summed E-state index contributed by atoms with van der Waals surface area (Å²) in [6.07, 6.45) is 15.3. The van der Waals surface area contributed by atoms with Crippen LogP contribution in [0.4, 0.5) is 0 Å². The second-order valence-electron chi connectivity index (χ2n) is 16.0. The van der Waals surface area contributed by atoms with Crippen molar-refractivity contribution in [2.24, 2.45) is 0 Å². The van der Waals surface area contributed by atoms with Gasteiger partial charge in [-0.2, -0.15) is 0 Å². The molecule has 8 rings (SSSR count). The molecule has 0 aliphatic heterocycles. The number of hydrogen-bond acceptors (Lipinski definition) is 8. The SMILES string of the molecule is CCCCCCCCCCCC(n1c2ccccc2c2ccnc(-c3cc(CO)c(CO)c(OC)c3)c21)n1c2ccccc2c2ccnc(-c3cc(OC)c(OC)c(OC)c3)c21. The topological polar surface area (TPSA) is 113 Å². The molecule has 4 heterocycles. The highest BCUT2D eigenvalue weighted by Gasteiger charge is 2.29. The molecule has 8 aromatic rings. The molecule has 2 N–H and O–H groups in total. The maximum Gasteiger partial charge on any atom is 0.203 e. The van der Waals surface area contributed by atoms with E-state index in [0.717, 1.165) is 85.4 Å². The number of fused-ring (bicyclic) bond motifs is 6. The van der Waals surface area contributed by atoms with E-state index in [2.05, 4.69) is 76.7 Å². The Bertz CT molecular complexity index is 2590. The fourth-order valence-electron chi connectivity index (χ4n) is 9.51. The van der Waals surface area contributed by atoms with Crippen LogP contribution in [0.1, 0.15) is 88.4 Å². The first kappa shape index (κ1) is 42.6. The highest BCUT2D eigenvalue weighted by atomic mass is 16.5. The van der Waals surface area contributed by atoms with E-state index >= 15 is 0 Å². The van der Waals surface area contributed by atoms with Gasteiger partial charge in [0.15, 0.2) is 11.5 Å². The molecular weight excluding hydrogens is 777 g/mol. The molecule has 10 heteroatoms. The van der Waals surface area contributed by atoms with Gasteiger partial charge in [-0.25, -0.2) is 0 Å². The summed E-state index contributed by atoms with van der Waals surface area (Å²) in [6.45, 7) is 1.76. The molecule has 0 saturated heterocycles. The van der Waals surface area contributed by atoms with Gasteiger partial charge in [-0.3, -0.25) is 9.97 Å². The number of ether oxygens (including phenoxy) is 4. The van der Waals surface area contributed by atoms with Crippen molar-refractivity contribution in [2.45, 2.75) is 90.5 Å². The number of pyridine rings is 2. The van der Waals surface area contributed by atoms with E-state index < -0.39 is 0 Å². The number of rotatable bonds is 20. The van der Waals surface area contributed by atoms with Gasteiger partial charge < -0.3 is 38.3 Å². The lowest BCUT2D eigenvalue weighted by molar-refractivity contribution is 0.254. The van der Waals surface area contributed by atoms with Gasteiger partial charge >= 0.3 is 0 Å². The Labute approximate surface area is 363 Å². The molecule has 10 nitrogen and oxygen atoms in total. The minimum absolute atomic E-state index is 0.229. The monoisotopic (exact) mass is 834 g/mol. The van der Waals surface area contributed by atoms with Crippen LogP contribution in [0.5, 0.6) is 23.0 Å². The Morgan fingerprint density at radius 2 is 1.02 bits per heavy atom. The van der Waals surface area contributed by atoms with Crippen LogP contribution in [0.3, 0.4) is 0 Å². The molecule has 0 aliphatic carbocycles. The minimum Gasteiger partial charge on any atom is -0.496 e. The van der Waals surface area contributed by atoms with E-state index in [1.165, 1.54) is 44.9 Å². The Balaban J connectivity index is 1.41. The van der Waals surface area contributed by atoms with Crippen molar-refractivity contribution in [1.82, 2.24) is 19.1 Å². The molecule has 1 atom stereocenters. The van der Waals surface area contributed by atoms with Gasteiger partial charge in [0.1, 0.15) is 11.9 Å². The molecule has 0 spiro atoms. The van der Waals surface area contributed by atoms with Crippen molar-refractivity contribution >= 4 is 43.6 Å². The number of methoxy groups -OCH3 is 4. The molecule has 62 heavy (non-hydrogen) atoms. The number of unbranched alkanes of at least 4 members (excludes halogenated alkanes) is 8. The third-order valence-corrected chi connectivity index (χ3v) is 12.5. The summed E-state index contributed by atoms with van der Waals surface area (Å²) in [5.74, 6) is 2.13. The van der Waals surface area contributed by atoms with Crippen LogP contribution < -0.4 is 18.9 Å². The number of benzene rings is 4. The van der Waals surface area contributed by atoms with Crippen molar-refractivity contribution in [3.63, 3.8) is 0 Å². The van der Waals surface area contributed by atoms with Crippen LogP contribution in [0, 0.1) is 0 Å². The maximum absolute atomic E-state index is 10.5. The van der Waals surface area contributed by atoms with E-state index in [9.17, 15) is 10.2 Å². The van der Waals surface area contributed by atoms with Crippen molar-refractivity contribution in [3.05, 3.63) is 108 Å². The van der Waals surface area contributed by atoms with E-state index in [1.807, 2.05) is 36.7 Å². The predicted octanol–water partition coefficient (Wildman–Crippen LogP) is 12.0. The van der Waals surface area contributed by atoms with Crippen molar-refractivity contribution < 1.29 is 29.2 Å². The zero-order valence-corrected chi connectivity index (χ0v) is 36.6. The summed E-state index contributed by atoms with van der Waals surface area (Å²) in [5, 5.41) is 25.3. The average Bonchev–Trinajstić information content (AvgIpc) is 3.84. The summed E-state index contributed by atoms with van der Waals surface area (Å²) in [5.41, 5.74) is 8.50. The molecule has 0 bridgehead atoms. The van der Waals surface area contributed by atoms with Crippen LogP contribution >= 0.6 is 0 Å². The predicted molar refractivity (Wildman–Crippen MR) is 250 cm³/mol. The summed E-state index contributed by atoms with van der Waals surface area (Å²) < 4.78 is 28.3. The van der Waals surface area contributed by atoms with Crippen LogP contribution in [0.25, 0.3) is 66.1 Å². The quantitative estimate of drug-likeness (QED) is 0.0730. The number of aliphatic hydroxyl groups excluding tert-OH is 2. The maximum atomic E-state index is 10.5. The lowest BCUT2D eigenvalue weighted by Gasteiger charge is -2.27. The van der Waals surface area contributed by atoms with Crippen molar-refractivity contribution in [2.75, 3.05) is 28.4 Å². The Morgan fingerprint density at radius 3 is 1.50 bits per heavy atom. The standard InChI is InChI=1S/C52H58N4O6/c1-6-7-8-9-10-11-12-13-14-23-47(55-42-21-17-15-19-37(42)39-24-26-53-48(50(39)55)34-28-36(32-57)41(33-58)44(29-34)59-2)56-43-22-18-16-20-38(43)40-25-27-54-49(51(40)56)35-30-45(60-3)52(62-5)46(31-35)61-4/h15-22,24-31,47,57-58H,6-14,23,32-33H2,1-5H3. The van der Waals surface area contributed by atoms with Crippen molar-refractivity contribution in [3.8, 4) is 45.5 Å². The zero-order chi connectivity index (χ0) is 43.2. The van der Waals surface area contributed by atoms with Crippen LogP contribution in [-0.4, -0.2) is 57.8 Å². The summed E-state index contributed by atoms with van der Waals surface area (Å²) >= 11 is 0. The molecule has 322 valence electrons. The van der Waals surface area contributed by atoms with E-state index in [1.54, 1.807) is 28.4 Å². The highest BCUT2D eigenvalue weighted by molar-refractivity contribution is 6.14. The fraction of sp³-hybridized carbons (Fsp3) is 0.346. The molecule has 4 aromatic carbocycles. The van der Waals surface area contributed by atoms with Gasteiger partial charge in [0.25, 0.3) is 0 Å². The number of hydrogen-bond donors (Lipinski definition) is 2. The second kappa shape index (κ2) is 19.3. The molecule has 1 unspecified atom stereocenters. The van der Waals surface area contributed by atoms with Gasteiger partial charge in [-0.05, 0) is 66.9 Å².